The number of methoxy groups -OCH3 is 1. The molecule has 170 valence electrons. The number of non-ortho nitro benzene ring substituents is 1. The second kappa shape index (κ2) is 9.20. The number of anilines is 1. The van der Waals surface area contributed by atoms with E-state index in [1.165, 1.54) is 12.1 Å². The number of pyridine rings is 1. The molecule has 9 nitrogen and oxygen atoms in total. The maximum atomic E-state index is 12.7. The zero-order chi connectivity index (χ0) is 23.5. The van der Waals surface area contributed by atoms with E-state index in [-0.39, 0.29) is 17.2 Å². The number of rotatable bonds is 5. The monoisotopic (exact) mass is 452 g/mol. The Morgan fingerprint density at radius 2 is 1.84 bits per heavy atom. The zero-order valence-corrected chi connectivity index (χ0v) is 16.9. The first-order chi connectivity index (χ1) is 15.1. The number of carbonyl (C=O) groups excluding carboxylic acids is 2. The van der Waals surface area contributed by atoms with Crippen LogP contribution in [0.1, 0.15) is 39.1 Å². The molecule has 1 aliphatic heterocycles. The fourth-order valence-electron chi connectivity index (χ4n) is 3.35. The van der Waals surface area contributed by atoms with Gasteiger partial charge in [0.15, 0.2) is 0 Å². The van der Waals surface area contributed by atoms with E-state index in [1.807, 2.05) is 4.90 Å². The summed E-state index contributed by atoms with van der Waals surface area (Å²) in [5, 5.41) is 13.9. The Bertz CT molecular complexity index is 1020. The first-order valence-electron chi connectivity index (χ1n) is 9.55. The smallest absolute Gasteiger partial charge is 0.417 e. The molecule has 2 heterocycles. The van der Waals surface area contributed by atoms with Gasteiger partial charge >= 0.3 is 12.1 Å². The highest BCUT2D eigenvalue weighted by atomic mass is 19.4. The van der Waals surface area contributed by atoms with Gasteiger partial charge in [0.1, 0.15) is 5.82 Å². The summed E-state index contributed by atoms with van der Waals surface area (Å²) in [6.07, 6.45) is -2.69. The highest BCUT2D eigenvalue weighted by Crippen LogP contribution is 2.30. The molecule has 1 N–H and O–H groups in total. The second-order valence-corrected chi connectivity index (χ2v) is 7.15. The Hall–Kier alpha value is -3.70. The van der Waals surface area contributed by atoms with E-state index in [0.29, 0.717) is 31.7 Å². The number of benzene rings is 1. The van der Waals surface area contributed by atoms with Gasteiger partial charge in [-0.2, -0.15) is 13.2 Å². The van der Waals surface area contributed by atoms with E-state index in [2.05, 4.69) is 15.0 Å². The van der Waals surface area contributed by atoms with Crippen molar-refractivity contribution in [1.29, 1.82) is 0 Å². The lowest BCUT2D eigenvalue weighted by atomic mass is 10.0. The van der Waals surface area contributed by atoms with E-state index in [4.69, 9.17) is 0 Å². The minimum Gasteiger partial charge on any atom is -0.465 e. The Morgan fingerprint density at radius 3 is 2.38 bits per heavy atom. The van der Waals surface area contributed by atoms with Crippen molar-refractivity contribution < 1.29 is 32.4 Å². The summed E-state index contributed by atoms with van der Waals surface area (Å²) in [7, 11) is 1.13. The van der Waals surface area contributed by atoms with E-state index < -0.39 is 34.2 Å². The molecule has 32 heavy (non-hydrogen) atoms. The first-order valence-corrected chi connectivity index (χ1v) is 9.55. The van der Waals surface area contributed by atoms with Crippen LogP contribution in [-0.2, 0) is 10.9 Å². The summed E-state index contributed by atoms with van der Waals surface area (Å²) < 4.78 is 42.6. The maximum Gasteiger partial charge on any atom is 0.417 e. The fourth-order valence-corrected chi connectivity index (χ4v) is 3.35. The number of ether oxygens (including phenoxy) is 1. The normalized spacial score (nSPS) is 14.7. The lowest BCUT2D eigenvalue weighted by molar-refractivity contribution is -0.384. The van der Waals surface area contributed by atoms with Crippen LogP contribution in [0.5, 0.6) is 0 Å². The molecule has 1 fully saturated rings. The number of nitrogens with one attached hydrogen (secondary N) is 1. The van der Waals surface area contributed by atoms with E-state index in [9.17, 15) is 32.9 Å². The van der Waals surface area contributed by atoms with Crippen LogP contribution in [0.15, 0.2) is 36.5 Å². The summed E-state index contributed by atoms with van der Waals surface area (Å²) in [6, 6.07) is 5.33. The van der Waals surface area contributed by atoms with Gasteiger partial charge < -0.3 is 15.0 Å². The number of nitrogens with zero attached hydrogens (tertiary/aromatic N) is 3. The number of hydrogen-bond acceptors (Lipinski definition) is 7. The number of alkyl halides is 3. The number of aromatic nitrogens is 1. The summed E-state index contributed by atoms with van der Waals surface area (Å²) in [5.74, 6) is -0.978. The van der Waals surface area contributed by atoms with Crippen molar-refractivity contribution in [3.05, 3.63) is 63.3 Å². The molecule has 1 aliphatic rings. The van der Waals surface area contributed by atoms with Gasteiger partial charge in [-0.1, -0.05) is 0 Å². The molecule has 0 bridgehead atoms. The summed E-state index contributed by atoms with van der Waals surface area (Å²) >= 11 is 0. The van der Waals surface area contributed by atoms with Crippen LogP contribution in [0.25, 0.3) is 0 Å². The van der Waals surface area contributed by atoms with Crippen LogP contribution in [0, 0.1) is 10.1 Å². The molecule has 0 spiro atoms. The lowest BCUT2D eigenvalue weighted by Crippen LogP contribution is -2.45. The summed E-state index contributed by atoms with van der Waals surface area (Å²) in [6.45, 7) is 0.900. The van der Waals surface area contributed by atoms with Crippen LogP contribution in [0.2, 0.25) is 0 Å². The van der Waals surface area contributed by atoms with Crippen molar-refractivity contribution >= 4 is 23.4 Å². The van der Waals surface area contributed by atoms with Gasteiger partial charge in [-0.3, -0.25) is 14.9 Å². The van der Waals surface area contributed by atoms with Gasteiger partial charge in [0.25, 0.3) is 11.6 Å². The van der Waals surface area contributed by atoms with Crippen molar-refractivity contribution in [2.75, 3.05) is 25.1 Å². The number of amides is 1. The van der Waals surface area contributed by atoms with Crippen molar-refractivity contribution in [2.24, 2.45) is 0 Å². The summed E-state index contributed by atoms with van der Waals surface area (Å²) in [4.78, 5) is 40.5. The van der Waals surface area contributed by atoms with Crippen LogP contribution < -0.4 is 10.2 Å². The SMILES string of the molecule is COC(=O)c1cc(C(=O)NC2CCN(c3ccc(C(F)(F)F)cn3)CC2)cc([N+](=O)[O-])c1. The van der Waals surface area contributed by atoms with Crippen molar-refractivity contribution in [3.8, 4) is 0 Å². The number of piperidine rings is 1. The molecular weight excluding hydrogens is 433 g/mol. The van der Waals surface area contributed by atoms with Crippen LogP contribution in [0.3, 0.4) is 0 Å². The standard InChI is InChI=1S/C20H19F3N4O5/c1-32-19(29)13-8-12(9-16(10-13)27(30)31)18(28)25-15-4-6-26(7-5-15)17-3-2-14(11-24-17)20(21,22)23/h2-3,8-11,15H,4-7H2,1H3,(H,25,28). The highest BCUT2D eigenvalue weighted by molar-refractivity contribution is 5.99. The molecule has 2 aromatic rings. The van der Waals surface area contributed by atoms with Gasteiger partial charge in [0, 0.05) is 43.0 Å². The minimum absolute atomic E-state index is 0.0496. The maximum absolute atomic E-state index is 12.7. The fraction of sp³-hybridized carbons (Fsp3) is 0.350. The molecule has 0 atom stereocenters. The Morgan fingerprint density at radius 1 is 1.19 bits per heavy atom. The van der Waals surface area contributed by atoms with Crippen molar-refractivity contribution in [2.45, 2.75) is 25.1 Å². The van der Waals surface area contributed by atoms with Gasteiger partial charge in [-0.05, 0) is 31.0 Å². The highest BCUT2D eigenvalue weighted by Gasteiger charge is 2.31. The molecule has 0 aliphatic carbocycles. The molecule has 1 aromatic carbocycles. The zero-order valence-electron chi connectivity index (χ0n) is 16.9. The predicted molar refractivity (Wildman–Crippen MR) is 106 cm³/mol. The number of nitro benzene ring substituents is 1. The number of hydrogen-bond donors (Lipinski definition) is 1. The van der Waals surface area contributed by atoms with E-state index >= 15 is 0 Å². The molecule has 0 radical (unpaired) electrons. The average molecular weight is 452 g/mol. The third-order valence-electron chi connectivity index (χ3n) is 5.04. The molecule has 1 aromatic heterocycles. The van der Waals surface area contributed by atoms with Crippen molar-refractivity contribution in [3.63, 3.8) is 0 Å². The topological polar surface area (TPSA) is 115 Å². The van der Waals surface area contributed by atoms with E-state index in [1.54, 1.807) is 0 Å². The van der Waals surface area contributed by atoms with Gasteiger partial charge in [-0.25, -0.2) is 9.78 Å². The van der Waals surface area contributed by atoms with Gasteiger partial charge in [0.05, 0.1) is 23.2 Å². The third-order valence-corrected chi connectivity index (χ3v) is 5.04. The molecule has 0 saturated carbocycles. The van der Waals surface area contributed by atoms with E-state index in [0.717, 1.165) is 31.5 Å². The Balaban J connectivity index is 1.64. The third kappa shape index (κ3) is 5.31. The van der Waals surface area contributed by atoms with Gasteiger partial charge in [0.2, 0.25) is 0 Å². The first kappa shape index (κ1) is 23.0. The molecular formula is C20H19F3N4O5. The Labute approximate surface area is 180 Å². The minimum atomic E-state index is -4.46. The number of esters is 1. The number of carbonyl (C=O) groups is 2. The molecule has 1 saturated heterocycles. The molecule has 0 unspecified atom stereocenters. The molecule has 12 heteroatoms. The lowest BCUT2D eigenvalue weighted by Gasteiger charge is -2.33. The number of halogens is 3. The number of nitro groups is 1. The Kier molecular flexibility index (Phi) is 6.61. The van der Waals surface area contributed by atoms with Gasteiger partial charge in [-0.15, -0.1) is 0 Å². The summed E-state index contributed by atoms with van der Waals surface area (Å²) in [5.41, 5.74) is -1.41. The molecule has 1 amide bonds. The van der Waals surface area contributed by atoms with Crippen LogP contribution in [0.4, 0.5) is 24.7 Å². The van der Waals surface area contributed by atoms with Crippen LogP contribution >= 0.6 is 0 Å². The largest absolute Gasteiger partial charge is 0.465 e. The second-order valence-electron chi connectivity index (χ2n) is 7.15. The molecule has 3 rings (SSSR count). The van der Waals surface area contributed by atoms with Crippen LogP contribution in [-0.4, -0.2) is 48.0 Å². The average Bonchev–Trinajstić information content (AvgIpc) is 2.78. The van der Waals surface area contributed by atoms with Crippen molar-refractivity contribution in [1.82, 2.24) is 10.3 Å². The quantitative estimate of drug-likeness (QED) is 0.421. The predicted octanol–water partition coefficient (Wildman–Crippen LogP) is 3.19.